The van der Waals surface area contributed by atoms with E-state index in [1.54, 1.807) is 20.9 Å². The molecule has 1 aromatic heterocycles. The number of carbonyl (C=O) groups is 1. The van der Waals surface area contributed by atoms with Gasteiger partial charge >= 0.3 is 0 Å². The quantitative estimate of drug-likeness (QED) is 0.790. The van der Waals surface area contributed by atoms with Crippen molar-refractivity contribution in [3.05, 3.63) is 51.9 Å². The molecule has 1 amide bonds. The minimum absolute atomic E-state index is 0.109. The highest BCUT2D eigenvalue weighted by molar-refractivity contribution is 6.32. The fraction of sp³-hybridized carbons (Fsp3) is 0.316. The molecule has 0 aliphatic carbocycles. The maximum Gasteiger partial charge on any atom is 0.249 e. The summed E-state index contributed by atoms with van der Waals surface area (Å²) in [5, 5.41) is 22.2. The Bertz CT molecular complexity index is 881. The van der Waals surface area contributed by atoms with Crippen LogP contribution >= 0.6 is 11.6 Å². The van der Waals surface area contributed by atoms with Crippen LogP contribution in [0.15, 0.2) is 24.3 Å². The first-order valence-corrected chi connectivity index (χ1v) is 8.65. The summed E-state index contributed by atoms with van der Waals surface area (Å²) in [6.45, 7) is 3.16. The molecule has 2 aromatic rings. The molecule has 0 fully saturated rings. The second-order valence-corrected chi connectivity index (χ2v) is 6.43. The molecule has 0 saturated carbocycles. The van der Waals surface area contributed by atoms with E-state index in [4.69, 9.17) is 11.6 Å². The molecule has 0 saturated heterocycles. The van der Waals surface area contributed by atoms with Crippen molar-refractivity contribution in [2.24, 2.45) is 0 Å². The Morgan fingerprint density at radius 1 is 1.41 bits per heavy atom. The number of aliphatic hydroxyl groups is 1. The van der Waals surface area contributed by atoms with E-state index in [2.05, 4.69) is 10.3 Å². The van der Waals surface area contributed by atoms with Crippen LogP contribution in [-0.2, 0) is 4.79 Å². The number of aliphatic hydroxyl groups excluding tert-OH is 1. The highest BCUT2D eigenvalue weighted by atomic mass is 35.5. The molecule has 0 spiro atoms. The third kappa shape index (κ3) is 4.54. The van der Waals surface area contributed by atoms with Crippen molar-refractivity contribution in [2.45, 2.75) is 26.3 Å². The molecule has 0 bridgehead atoms. The van der Waals surface area contributed by atoms with Crippen molar-refractivity contribution in [2.75, 3.05) is 23.9 Å². The van der Waals surface area contributed by atoms with Crippen molar-refractivity contribution >= 4 is 29.0 Å². The van der Waals surface area contributed by atoms with Gasteiger partial charge in [-0.2, -0.15) is 5.26 Å². The number of hydrogen-bond acceptors (Lipinski definition) is 5. The number of nitriles is 1. The maximum absolute atomic E-state index is 13.1. The van der Waals surface area contributed by atoms with Crippen LogP contribution in [0.5, 0.6) is 0 Å². The molecular formula is C19H20ClFN4O2. The number of anilines is 2. The summed E-state index contributed by atoms with van der Waals surface area (Å²) in [7, 11) is 1.55. The van der Waals surface area contributed by atoms with E-state index in [0.29, 0.717) is 22.0 Å². The number of nitrogens with one attached hydrogen (secondary N) is 1. The number of aromatic nitrogens is 1. The van der Waals surface area contributed by atoms with Gasteiger partial charge in [0.1, 0.15) is 23.7 Å². The number of rotatable bonds is 6. The number of halogens is 2. The van der Waals surface area contributed by atoms with Gasteiger partial charge in [-0.3, -0.25) is 4.79 Å². The molecule has 142 valence electrons. The number of hydrogen-bond donors (Lipinski definition) is 2. The number of nitrogens with zero attached hydrogens (tertiary/aromatic N) is 3. The fourth-order valence-electron chi connectivity index (χ4n) is 2.65. The highest BCUT2D eigenvalue weighted by Crippen LogP contribution is 2.27. The summed E-state index contributed by atoms with van der Waals surface area (Å²) in [4.78, 5) is 18.5. The van der Waals surface area contributed by atoms with Crippen molar-refractivity contribution in [3.63, 3.8) is 0 Å². The van der Waals surface area contributed by atoms with Gasteiger partial charge in [-0.25, -0.2) is 9.37 Å². The number of benzene rings is 1. The van der Waals surface area contributed by atoms with Crippen LogP contribution in [0.25, 0.3) is 0 Å². The van der Waals surface area contributed by atoms with Gasteiger partial charge in [-0.15, -0.1) is 0 Å². The van der Waals surface area contributed by atoms with Gasteiger partial charge in [-0.1, -0.05) is 11.6 Å². The largest absolute Gasteiger partial charge is 0.396 e. The summed E-state index contributed by atoms with van der Waals surface area (Å²) in [6.07, 6.45) is 0.109. The normalized spacial score (nSPS) is 11.6. The topological polar surface area (TPSA) is 89.2 Å². The van der Waals surface area contributed by atoms with Crippen molar-refractivity contribution in [3.8, 4) is 6.07 Å². The molecular weight excluding hydrogens is 371 g/mol. The van der Waals surface area contributed by atoms with Crippen LogP contribution in [0.1, 0.15) is 23.2 Å². The number of amides is 1. The number of carbonyl (C=O) groups excluding carboxylic acids is 1. The van der Waals surface area contributed by atoms with Crippen molar-refractivity contribution in [1.82, 2.24) is 4.98 Å². The summed E-state index contributed by atoms with van der Waals surface area (Å²) < 4.78 is 13.1. The van der Waals surface area contributed by atoms with E-state index in [1.807, 2.05) is 6.07 Å². The Morgan fingerprint density at radius 2 is 2.04 bits per heavy atom. The first kappa shape index (κ1) is 20.6. The molecule has 8 heteroatoms. The van der Waals surface area contributed by atoms with Gasteiger partial charge in [0.2, 0.25) is 5.91 Å². The minimum atomic E-state index is -0.829. The van der Waals surface area contributed by atoms with Gasteiger partial charge in [0.05, 0.1) is 16.3 Å². The lowest BCUT2D eigenvalue weighted by Crippen LogP contribution is -2.42. The lowest BCUT2D eigenvalue weighted by Gasteiger charge is -2.25. The zero-order chi connectivity index (χ0) is 20.1. The third-order valence-electron chi connectivity index (χ3n) is 4.22. The molecule has 2 rings (SSSR count). The molecule has 0 aliphatic rings. The number of likely N-dealkylation sites (N-methyl/N-ethyl adjacent to an activating group) is 1. The Morgan fingerprint density at radius 3 is 2.59 bits per heavy atom. The predicted molar refractivity (Wildman–Crippen MR) is 102 cm³/mol. The SMILES string of the molecule is Cc1nc(NC(CCO)C(=O)N(C)c2ccc(F)cc2)c(C#N)c(C)c1Cl. The van der Waals surface area contributed by atoms with Crippen LogP contribution in [0.3, 0.4) is 0 Å². The zero-order valence-corrected chi connectivity index (χ0v) is 16.0. The maximum atomic E-state index is 13.1. The molecule has 27 heavy (non-hydrogen) atoms. The lowest BCUT2D eigenvalue weighted by molar-refractivity contribution is -0.119. The summed E-state index contributed by atoms with van der Waals surface area (Å²) in [5.74, 6) is -0.526. The fourth-order valence-corrected chi connectivity index (χ4v) is 2.79. The zero-order valence-electron chi connectivity index (χ0n) is 15.3. The second-order valence-electron chi connectivity index (χ2n) is 6.05. The summed E-state index contributed by atoms with van der Waals surface area (Å²) in [5.41, 5.74) is 1.84. The molecule has 1 heterocycles. The van der Waals surface area contributed by atoms with Crippen LogP contribution < -0.4 is 10.2 Å². The molecule has 6 nitrogen and oxygen atoms in total. The van der Waals surface area contributed by atoms with E-state index >= 15 is 0 Å². The average Bonchev–Trinajstić information content (AvgIpc) is 2.65. The van der Waals surface area contributed by atoms with E-state index < -0.39 is 11.9 Å². The Hall–Kier alpha value is -2.69. The van der Waals surface area contributed by atoms with Gasteiger partial charge in [0.15, 0.2) is 0 Å². The van der Waals surface area contributed by atoms with Crippen LogP contribution in [-0.4, -0.2) is 35.7 Å². The molecule has 2 N–H and O–H groups in total. The Balaban J connectivity index is 2.34. The standard InChI is InChI=1S/C19H20ClFN4O2/c1-11-15(10-22)18(23-12(2)17(11)20)24-16(8-9-26)19(27)25(3)14-6-4-13(21)5-7-14/h4-7,16,26H,8-9H2,1-3H3,(H,23,24). The lowest BCUT2D eigenvalue weighted by atomic mass is 10.1. The van der Waals surface area contributed by atoms with E-state index in [1.165, 1.54) is 29.2 Å². The van der Waals surface area contributed by atoms with Crippen molar-refractivity contribution < 1.29 is 14.3 Å². The Kier molecular flexibility index (Phi) is 6.72. The monoisotopic (exact) mass is 390 g/mol. The molecule has 1 aromatic carbocycles. The first-order chi connectivity index (χ1) is 12.8. The average molecular weight is 391 g/mol. The molecule has 1 atom stereocenters. The first-order valence-electron chi connectivity index (χ1n) is 8.27. The Labute approximate surface area is 162 Å². The molecule has 1 unspecified atom stereocenters. The highest BCUT2D eigenvalue weighted by Gasteiger charge is 2.25. The third-order valence-corrected chi connectivity index (χ3v) is 4.78. The number of aryl methyl sites for hydroxylation is 1. The van der Waals surface area contributed by atoms with E-state index in [-0.39, 0.29) is 30.3 Å². The second kappa shape index (κ2) is 8.80. The summed E-state index contributed by atoms with van der Waals surface area (Å²) in [6, 6.07) is 6.71. The van der Waals surface area contributed by atoms with E-state index in [9.17, 15) is 19.6 Å². The van der Waals surface area contributed by atoms with Gasteiger partial charge in [0, 0.05) is 19.3 Å². The van der Waals surface area contributed by atoms with Gasteiger partial charge in [0.25, 0.3) is 0 Å². The smallest absolute Gasteiger partial charge is 0.249 e. The molecule has 0 radical (unpaired) electrons. The van der Waals surface area contributed by atoms with Crippen LogP contribution in [0.2, 0.25) is 5.02 Å². The van der Waals surface area contributed by atoms with Crippen LogP contribution in [0.4, 0.5) is 15.9 Å². The van der Waals surface area contributed by atoms with Gasteiger partial charge < -0.3 is 15.3 Å². The van der Waals surface area contributed by atoms with Gasteiger partial charge in [-0.05, 0) is 50.1 Å². The minimum Gasteiger partial charge on any atom is -0.396 e. The van der Waals surface area contributed by atoms with Crippen LogP contribution in [0, 0.1) is 31.0 Å². The van der Waals surface area contributed by atoms with Crippen molar-refractivity contribution in [1.29, 1.82) is 5.26 Å². The summed E-state index contributed by atoms with van der Waals surface area (Å²) >= 11 is 6.15. The predicted octanol–water partition coefficient (Wildman–Crippen LogP) is 3.19. The number of pyridine rings is 1. The van der Waals surface area contributed by atoms with E-state index in [0.717, 1.165) is 0 Å². The molecule has 0 aliphatic heterocycles.